The summed E-state index contributed by atoms with van der Waals surface area (Å²) in [5, 5.41) is 0. The number of ether oxygens (including phenoxy) is 1. The summed E-state index contributed by atoms with van der Waals surface area (Å²) in [5.74, 6) is 0.858. The third kappa shape index (κ3) is 3.14. The average Bonchev–Trinajstić information content (AvgIpc) is 2.47. The molecule has 0 bridgehead atoms. The molecule has 106 valence electrons. The van der Waals surface area contributed by atoms with Gasteiger partial charge in [0, 0.05) is 17.2 Å². The molecule has 0 heterocycles. The monoisotopic (exact) mass is 334 g/mol. The molecule has 2 aromatic rings. The molecule has 0 aliphatic rings. The van der Waals surface area contributed by atoms with Crippen molar-refractivity contribution in [2.75, 3.05) is 25.6 Å². The lowest BCUT2D eigenvalue weighted by atomic mass is 10.1. The zero-order valence-electron chi connectivity index (χ0n) is 11.8. The van der Waals surface area contributed by atoms with Gasteiger partial charge >= 0.3 is 0 Å². The maximum absolute atomic E-state index is 5.72. The van der Waals surface area contributed by atoms with Crippen molar-refractivity contribution in [3.8, 4) is 5.75 Å². The van der Waals surface area contributed by atoms with E-state index in [-0.39, 0.29) is 0 Å². The number of nitrogens with two attached hydrogens (primary N) is 1. The Morgan fingerprint density at radius 1 is 1.15 bits per heavy atom. The number of methoxy groups -OCH3 is 1. The molecule has 0 saturated heterocycles. The topological polar surface area (TPSA) is 38.5 Å². The molecule has 0 fully saturated rings. The smallest absolute Gasteiger partial charge is 0.142 e. The Kier molecular flexibility index (Phi) is 5.04. The largest absolute Gasteiger partial charge is 0.495 e. The first-order chi connectivity index (χ1) is 9.67. The highest BCUT2D eigenvalue weighted by Crippen LogP contribution is 2.35. The van der Waals surface area contributed by atoms with Crippen LogP contribution in [0.2, 0.25) is 0 Å². The minimum atomic E-state index is 0.628. The first-order valence-corrected chi connectivity index (χ1v) is 7.32. The summed E-state index contributed by atoms with van der Waals surface area (Å²) in [4.78, 5) is 2.14. The summed E-state index contributed by atoms with van der Waals surface area (Å²) in [6.07, 6.45) is 0.842. The Morgan fingerprint density at radius 3 is 2.60 bits per heavy atom. The zero-order valence-corrected chi connectivity index (χ0v) is 13.4. The Bertz CT molecular complexity index is 586. The van der Waals surface area contributed by atoms with E-state index in [9.17, 15) is 0 Å². The predicted octanol–water partition coefficient (Wildman–Crippen LogP) is 3.73. The molecular weight excluding hydrogens is 316 g/mol. The molecule has 2 rings (SSSR count). The van der Waals surface area contributed by atoms with Crippen LogP contribution in [0.5, 0.6) is 5.75 Å². The molecule has 3 nitrogen and oxygen atoms in total. The van der Waals surface area contributed by atoms with Crippen LogP contribution in [0.15, 0.2) is 46.9 Å². The van der Waals surface area contributed by atoms with Crippen LogP contribution < -0.4 is 15.4 Å². The number of hydrogen-bond acceptors (Lipinski definition) is 3. The number of halogens is 1. The lowest BCUT2D eigenvalue weighted by Gasteiger charge is -2.24. The summed E-state index contributed by atoms with van der Waals surface area (Å²) in [5.41, 5.74) is 9.11. The minimum Gasteiger partial charge on any atom is -0.495 e. The van der Waals surface area contributed by atoms with Gasteiger partial charge in [-0.05, 0) is 48.9 Å². The average molecular weight is 335 g/mol. The van der Waals surface area contributed by atoms with E-state index in [0.29, 0.717) is 6.54 Å². The fourth-order valence-corrected chi connectivity index (χ4v) is 2.68. The Labute approximate surface area is 128 Å². The van der Waals surface area contributed by atoms with Gasteiger partial charge < -0.3 is 15.4 Å². The molecule has 2 aromatic carbocycles. The van der Waals surface area contributed by atoms with Gasteiger partial charge in [-0.3, -0.25) is 0 Å². The van der Waals surface area contributed by atoms with E-state index in [1.807, 2.05) is 37.4 Å². The van der Waals surface area contributed by atoms with Crippen LogP contribution in [-0.4, -0.2) is 20.7 Å². The quantitative estimate of drug-likeness (QED) is 0.905. The second-order valence-electron chi connectivity index (χ2n) is 4.54. The Hall–Kier alpha value is -1.52. The molecule has 0 atom stereocenters. The van der Waals surface area contributed by atoms with Gasteiger partial charge in [0.1, 0.15) is 5.75 Å². The summed E-state index contributed by atoms with van der Waals surface area (Å²) < 4.78 is 6.50. The molecule has 0 aromatic heterocycles. The highest BCUT2D eigenvalue weighted by molar-refractivity contribution is 9.10. The van der Waals surface area contributed by atoms with Crippen molar-refractivity contribution in [1.82, 2.24) is 0 Å². The molecule has 4 heteroatoms. The van der Waals surface area contributed by atoms with Crippen molar-refractivity contribution in [3.63, 3.8) is 0 Å². The van der Waals surface area contributed by atoms with Gasteiger partial charge in [0.25, 0.3) is 0 Å². The van der Waals surface area contributed by atoms with Crippen LogP contribution >= 0.6 is 15.9 Å². The molecule has 0 radical (unpaired) electrons. The fourth-order valence-electron chi connectivity index (χ4n) is 2.27. The van der Waals surface area contributed by atoms with E-state index in [4.69, 9.17) is 10.5 Å². The zero-order chi connectivity index (χ0) is 14.5. The normalized spacial score (nSPS) is 10.4. The number of nitrogens with zero attached hydrogens (tertiary/aromatic N) is 1. The molecule has 0 aliphatic heterocycles. The van der Waals surface area contributed by atoms with Crippen molar-refractivity contribution < 1.29 is 4.74 Å². The maximum Gasteiger partial charge on any atom is 0.142 e. The molecule has 0 spiro atoms. The Balaban J connectivity index is 2.44. The molecule has 0 amide bonds. The summed E-state index contributed by atoms with van der Waals surface area (Å²) >= 11 is 3.52. The van der Waals surface area contributed by atoms with Crippen LogP contribution in [-0.2, 0) is 6.42 Å². The Morgan fingerprint density at radius 2 is 1.90 bits per heavy atom. The van der Waals surface area contributed by atoms with Gasteiger partial charge in [0.2, 0.25) is 0 Å². The van der Waals surface area contributed by atoms with Crippen molar-refractivity contribution in [2.45, 2.75) is 6.42 Å². The van der Waals surface area contributed by atoms with Gasteiger partial charge in [-0.1, -0.05) is 28.1 Å². The van der Waals surface area contributed by atoms with E-state index in [1.165, 1.54) is 5.56 Å². The van der Waals surface area contributed by atoms with E-state index in [2.05, 4.69) is 33.0 Å². The van der Waals surface area contributed by atoms with Crippen molar-refractivity contribution in [3.05, 3.63) is 52.5 Å². The molecular formula is C16H19BrN2O. The number of para-hydroxylation sites is 2. The summed E-state index contributed by atoms with van der Waals surface area (Å²) in [6.45, 7) is 0.628. The number of hydrogen-bond donors (Lipinski definition) is 1. The van der Waals surface area contributed by atoms with Crippen LogP contribution in [0.1, 0.15) is 5.56 Å². The van der Waals surface area contributed by atoms with Crippen molar-refractivity contribution in [2.24, 2.45) is 5.73 Å². The van der Waals surface area contributed by atoms with Gasteiger partial charge in [0.15, 0.2) is 0 Å². The second-order valence-corrected chi connectivity index (χ2v) is 5.46. The molecule has 0 aliphatic carbocycles. The van der Waals surface area contributed by atoms with Gasteiger partial charge in [-0.15, -0.1) is 0 Å². The van der Waals surface area contributed by atoms with Crippen LogP contribution in [0.3, 0.4) is 0 Å². The lowest BCUT2D eigenvalue weighted by molar-refractivity contribution is 0.415. The van der Waals surface area contributed by atoms with Crippen LogP contribution in [0, 0.1) is 0 Å². The maximum atomic E-state index is 5.72. The second kappa shape index (κ2) is 6.77. The summed E-state index contributed by atoms with van der Waals surface area (Å²) in [6, 6.07) is 14.3. The number of anilines is 2. The number of benzene rings is 2. The van der Waals surface area contributed by atoms with Gasteiger partial charge in [-0.2, -0.15) is 0 Å². The van der Waals surface area contributed by atoms with E-state index in [1.54, 1.807) is 7.11 Å². The van der Waals surface area contributed by atoms with E-state index in [0.717, 1.165) is 28.0 Å². The number of rotatable bonds is 5. The standard InChI is InChI=1S/C16H19BrN2O/c1-19(15-5-3-4-6-16(15)20-2)14-8-7-13(17)11-12(14)9-10-18/h3-8,11H,9-10,18H2,1-2H3. The predicted molar refractivity (Wildman–Crippen MR) is 88.0 cm³/mol. The van der Waals surface area contributed by atoms with Gasteiger partial charge in [0.05, 0.1) is 12.8 Å². The molecule has 2 N–H and O–H groups in total. The van der Waals surface area contributed by atoms with Crippen LogP contribution in [0.25, 0.3) is 0 Å². The minimum absolute atomic E-state index is 0.628. The summed E-state index contributed by atoms with van der Waals surface area (Å²) in [7, 11) is 3.73. The van der Waals surface area contributed by atoms with E-state index < -0.39 is 0 Å². The van der Waals surface area contributed by atoms with Crippen molar-refractivity contribution in [1.29, 1.82) is 0 Å². The van der Waals surface area contributed by atoms with Crippen molar-refractivity contribution >= 4 is 27.3 Å². The fraction of sp³-hybridized carbons (Fsp3) is 0.250. The van der Waals surface area contributed by atoms with Gasteiger partial charge in [-0.25, -0.2) is 0 Å². The third-order valence-electron chi connectivity index (χ3n) is 3.26. The highest BCUT2D eigenvalue weighted by Gasteiger charge is 2.13. The highest BCUT2D eigenvalue weighted by atomic mass is 79.9. The van der Waals surface area contributed by atoms with E-state index >= 15 is 0 Å². The molecule has 20 heavy (non-hydrogen) atoms. The third-order valence-corrected chi connectivity index (χ3v) is 3.76. The molecule has 0 unspecified atom stereocenters. The lowest BCUT2D eigenvalue weighted by Crippen LogP contribution is -2.14. The van der Waals surface area contributed by atoms with Crippen LogP contribution in [0.4, 0.5) is 11.4 Å². The molecule has 0 saturated carbocycles. The first kappa shape index (κ1) is 14.9. The first-order valence-electron chi connectivity index (χ1n) is 6.52. The SMILES string of the molecule is COc1ccccc1N(C)c1ccc(Br)cc1CCN.